The zero-order valence-corrected chi connectivity index (χ0v) is 11.0. The summed E-state index contributed by atoms with van der Waals surface area (Å²) < 4.78 is 13.4. The topological polar surface area (TPSA) is 42.0 Å². The molecule has 0 aliphatic heterocycles. The van der Waals surface area contributed by atoms with Gasteiger partial charge in [0.2, 0.25) is 5.91 Å². The quantitative estimate of drug-likeness (QED) is 0.925. The van der Waals surface area contributed by atoms with Crippen molar-refractivity contribution in [2.75, 3.05) is 5.32 Å². The van der Waals surface area contributed by atoms with E-state index < -0.39 is 5.82 Å². The van der Waals surface area contributed by atoms with Gasteiger partial charge in [-0.3, -0.25) is 4.79 Å². The van der Waals surface area contributed by atoms with Crippen molar-refractivity contribution in [3.8, 4) is 0 Å². The number of halogens is 1. The highest BCUT2D eigenvalue weighted by molar-refractivity contribution is 7.09. The van der Waals surface area contributed by atoms with Gasteiger partial charge in [0, 0.05) is 5.38 Å². The zero-order chi connectivity index (χ0) is 13.1. The van der Waals surface area contributed by atoms with Crippen LogP contribution >= 0.6 is 11.3 Å². The molecule has 5 heteroatoms. The normalized spacial score (nSPS) is 10.4. The lowest BCUT2D eigenvalue weighted by Gasteiger charge is -2.06. The van der Waals surface area contributed by atoms with Gasteiger partial charge in [-0.15, -0.1) is 11.3 Å². The number of nitrogens with one attached hydrogen (secondary N) is 1. The molecule has 0 aliphatic rings. The zero-order valence-electron chi connectivity index (χ0n) is 10.2. The van der Waals surface area contributed by atoms with E-state index in [9.17, 15) is 9.18 Å². The van der Waals surface area contributed by atoms with Crippen LogP contribution in [0.3, 0.4) is 0 Å². The third-order valence-electron chi connectivity index (χ3n) is 2.40. The van der Waals surface area contributed by atoms with E-state index in [4.69, 9.17) is 0 Å². The number of hydrogen-bond acceptors (Lipinski definition) is 3. The van der Waals surface area contributed by atoms with Crippen molar-refractivity contribution in [2.45, 2.75) is 20.3 Å². The molecule has 2 rings (SSSR count). The molecule has 0 saturated heterocycles. The number of hydrogen-bond donors (Lipinski definition) is 1. The minimum atomic E-state index is -0.427. The van der Waals surface area contributed by atoms with E-state index >= 15 is 0 Å². The Morgan fingerprint density at radius 1 is 1.44 bits per heavy atom. The lowest BCUT2D eigenvalue weighted by Crippen LogP contribution is -2.15. The summed E-state index contributed by atoms with van der Waals surface area (Å²) in [5.41, 5.74) is 1.83. The molecule has 0 atom stereocenters. The van der Waals surface area contributed by atoms with Gasteiger partial charge in [0.1, 0.15) is 5.82 Å². The van der Waals surface area contributed by atoms with Crippen molar-refractivity contribution in [1.29, 1.82) is 0 Å². The Morgan fingerprint density at radius 3 is 2.89 bits per heavy atom. The van der Waals surface area contributed by atoms with Crippen molar-refractivity contribution in [3.63, 3.8) is 0 Å². The summed E-state index contributed by atoms with van der Waals surface area (Å²) >= 11 is 1.49. The van der Waals surface area contributed by atoms with Crippen molar-refractivity contribution < 1.29 is 9.18 Å². The molecule has 2 aromatic rings. The predicted molar refractivity (Wildman–Crippen MR) is 70.3 cm³/mol. The summed E-state index contributed by atoms with van der Waals surface area (Å²) in [6, 6.07) is 4.62. The molecule has 3 nitrogen and oxygen atoms in total. The number of thiazole rings is 1. The van der Waals surface area contributed by atoms with E-state index in [2.05, 4.69) is 10.3 Å². The molecule has 0 spiro atoms. The molecule has 0 saturated carbocycles. The van der Waals surface area contributed by atoms with Crippen LogP contribution in [0.1, 0.15) is 16.3 Å². The Kier molecular flexibility index (Phi) is 3.72. The highest BCUT2D eigenvalue weighted by Gasteiger charge is 2.09. The smallest absolute Gasteiger partial charge is 0.230 e. The molecule has 1 amide bonds. The molecule has 0 radical (unpaired) electrons. The maximum absolute atomic E-state index is 13.4. The third kappa shape index (κ3) is 3.13. The standard InChI is InChI=1S/C13H13FN2OS/c1-8-3-4-11(14)12(5-8)16-13(17)6-10-7-18-9(2)15-10/h3-5,7H,6H2,1-2H3,(H,16,17). The number of nitrogens with zero attached hydrogens (tertiary/aromatic N) is 1. The minimum Gasteiger partial charge on any atom is -0.323 e. The number of carbonyl (C=O) groups excluding carboxylic acids is 1. The van der Waals surface area contributed by atoms with Crippen LogP contribution in [0.5, 0.6) is 0 Å². The highest BCUT2D eigenvalue weighted by atomic mass is 32.1. The Labute approximate surface area is 109 Å². The van der Waals surface area contributed by atoms with E-state index in [1.54, 1.807) is 12.1 Å². The largest absolute Gasteiger partial charge is 0.323 e. The molecular formula is C13H13FN2OS. The lowest BCUT2D eigenvalue weighted by molar-refractivity contribution is -0.115. The second-order valence-corrected chi connectivity index (χ2v) is 5.13. The predicted octanol–water partition coefficient (Wildman–Crippen LogP) is 3.08. The van der Waals surface area contributed by atoms with E-state index in [1.807, 2.05) is 19.2 Å². The van der Waals surface area contributed by atoms with E-state index in [0.29, 0.717) is 5.69 Å². The van der Waals surface area contributed by atoms with Crippen LogP contribution in [0.2, 0.25) is 0 Å². The molecule has 0 bridgehead atoms. The molecule has 1 aromatic carbocycles. The van der Waals surface area contributed by atoms with Crippen molar-refractivity contribution >= 4 is 22.9 Å². The summed E-state index contributed by atoms with van der Waals surface area (Å²) in [5, 5.41) is 5.31. The molecule has 1 heterocycles. The van der Waals surface area contributed by atoms with Gasteiger partial charge in [0.05, 0.1) is 22.8 Å². The van der Waals surface area contributed by atoms with Gasteiger partial charge < -0.3 is 5.32 Å². The fourth-order valence-corrected chi connectivity index (χ4v) is 2.20. The van der Waals surface area contributed by atoms with Crippen LogP contribution in [-0.4, -0.2) is 10.9 Å². The first-order valence-corrected chi connectivity index (χ1v) is 6.39. The van der Waals surface area contributed by atoms with Crippen molar-refractivity contribution in [2.24, 2.45) is 0 Å². The average molecular weight is 264 g/mol. The Bertz CT molecular complexity index is 580. The number of carbonyl (C=O) groups is 1. The lowest BCUT2D eigenvalue weighted by atomic mass is 10.2. The van der Waals surface area contributed by atoms with Gasteiger partial charge in [-0.1, -0.05) is 6.07 Å². The Hall–Kier alpha value is -1.75. The number of amides is 1. The summed E-state index contributed by atoms with van der Waals surface area (Å²) in [6.45, 7) is 3.73. The van der Waals surface area contributed by atoms with E-state index in [0.717, 1.165) is 10.6 Å². The van der Waals surface area contributed by atoms with Crippen LogP contribution in [0.15, 0.2) is 23.6 Å². The van der Waals surface area contributed by atoms with Crippen LogP contribution in [0, 0.1) is 19.7 Å². The average Bonchev–Trinajstić information content (AvgIpc) is 2.69. The van der Waals surface area contributed by atoms with Gasteiger partial charge in [-0.2, -0.15) is 0 Å². The van der Waals surface area contributed by atoms with Crippen LogP contribution in [0.4, 0.5) is 10.1 Å². The van der Waals surface area contributed by atoms with Gasteiger partial charge in [-0.05, 0) is 31.5 Å². The van der Waals surface area contributed by atoms with Crippen molar-refractivity contribution in [3.05, 3.63) is 45.7 Å². The molecular weight excluding hydrogens is 251 g/mol. The summed E-state index contributed by atoms with van der Waals surface area (Å²) in [5.74, 6) is -0.687. The number of rotatable bonds is 3. The molecule has 0 fully saturated rings. The maximum Gasteiger partial charge on any atom is 0.230 e. The first-order chi connectivity index (χ1) is 8.54. The second-order valence-electron chi connectivity index (χ2n) is 4.07. The van der Waals surface area contributed by atoms with Gasteiger partial charge in [-0.25, -0.2) is 9.37 Å². The van der Waals surface area contributed by atoms with E-state index in [-0.39, 0.29) is 18.0 Å². The maximum atomic E-state index is 13.4. The minimum absolute atomic E-state index is 0.164. The van der Waals surface area contributed by atoms with Gasteiger partial charge in [0.15, 0.2) is 0 Å². The number of aromatic nitrogens is 1. The fraction of sp³-hybridized carbons (Fsp3) is 0.231. The summed E-state index contributed by atoms with van der Waals surface area (Å²) in [6.07, 6.45) is 0.164. The fourth-order valence-electron chi connectivity index (χ4n) is 1.58. The molecule has 94 valence electrons. The molecule has 1 aromatic heterocycles. The Morgan fingerprint density at radius 2 is 2.22 bits per heavy atom. The first kappa shape index (κ1) is 12.7. The molecule has 18 heavy (non-hydrogen) atoms. The van der Waals surface area contributed by atoms with Crippen LogP contribution in [0.25, 0.3) is 0 Å². The number of aryl methyl sites for hydroxylation is 2. The SMILES string of the molecule is Cc1ccc(F)c(NC(=O)Cc2csc(C)n2)c1. The highest BCUT2D eigenvalue weighted by Crippen LogP contribution is 2.16. The van der Waals surface area contributed by atoms with Crippen LogP contribution in [-0.2, 0) is 11.2 Å². The molecule has 0 aliphatic carbocycles. The third-order valence-corrected chi connectivity index (χ3v) is 3.23. The Balaban J connectivity index is 2.05. The second kappa shape index (κ2) is 5.27. The monoisotopic (exact) mass is 264 g/mol. The molecule has 0 unspecified atom stereocenters. The first-order valence-electron chi connectivity index (χ1n) is 5.51. The number of anilines is 1. The van der Waals surface area contributed by atoms with Crippen LogP contribution < -0.4 is 5.32 Å². The number of benzene rings is 1. The van der Waals surface area contributed by atoms with Gasteiger partial charge in [0.25, 0.3) is 0 Å². The summed E-state index contributed by atoms with van der Waals surface area (Å²) in [4.78, 5) is 15.9. The van der Waals surface area contributed by atoms with E-state index in [1.165, 1.54) is 17.4 Å². The summed E-state index contributed by atoms with van der Waals surface area (Å²) in [7, 11) is 0. The molecule has 1 N–H and O–H groups in total. The van der Waals surface area contributed by atoms with Gasteiger partial charge >= 0.3 is 0 Å². The van der Waals surface area contributed by atoms with Crippen molar-refractivity contribution in [1.82, 2.24) is 4.98 Å².